The molecule has 34 heavy (non-hydrogen) atoms. The van der Waals surface area contributed by atoms with Crippen molar-refractivity contribution in [1.29, 1.82) is 0 Å². The van der Waals surface area contributed by atoms with Crippen LogP contribution in [0.15, 0.2) is 71.9 Å². The van der Waals surface area contributed by atoms with E-state index in [1.165, 1.54) is 23.2 Å². The first kappa shape index (κ1) is 21.9. The molecule has 0 spiro atoms. The molecule has 4 aromatic rings. The third kappa shape index (κ3) is 4.20. The Hall–Kier alpha value is -3.89. The molecule has 1 aliphatic rings. The Kier molecular flexibility index (Phi) is 5.68. The van der Waals surface area contributed by atoms with E-state index in [0.717, 1.165) is 5.69 Å². The van der Waals surface area contributed by atoms with Crippen molar-refractivity contribution in [2.24, 2.45) is 0 Å². The van der Waals surface area contributed by atoms with Gasteiger partial charge in [0.15, 0.2) is 5.65 Å². The minimum atomic E-state index is -1.06. The van der Waals surface area contributed by atoms with E-state index < -0.39 is 5.60 Å². The normalized spacial score (nSPS) is 16.0. The lowest BCUT2D eigenvalue weighted by atomic mass is 9.91. The van der Waals surface area contributed by atoms with Crippen molar-refractivity contribution >= 4 is 16.7 Å². The fourth-order valence-electron chi connectivity index (χ4n) is 4.49. The third-order valence-corrected chi connectivity index (χ3v) is 6.39. The maximum absolute atomic E-state index is 13.1. The molecule has 0 amide bonds. The summed E-state index contributed by atoms with van der Waals surface area (Å²) in [5, 5.41) is 27.2. The Labute approximate surface area is 194 Å². The molecule has 5 rings (SSSR count). The van der Waals surface area contributed by atoms with Gasteiger partial charge in [-0.2, -0.15) is 5.10 Å². The molecular formula is C24H24N6O4. The van der Waals surface area contributed by atoms with E-state index in [-0.39, 0.29) is 22.7 Å². The first-order chi connectivity index (χ1) is 16.4. The average molecular weight is 460 g/mol. The zero-order chi connectivity index (χ0) is 23.7. The summed E-state index contributed by atoms with van der Waals surface area (Å²) in [6.07, 6.45) is 3.86. The number of nitrogens with zero attached hydrogens (tertiary/aromatic N) is 6. The van der Waals surface area contributed by atoms with Crippen LogP contribution >= 0.6 is 0 Å². The van der Waals surface area contributed by atoms with Gasteiger partial charge < -0.3 is 5.11 Å². The van der Waals surface area contributed by atoms with Gasteiger partial charge in [-0.15, -0.1) is 0 Å². The summed E-state index contributed by atoms with van der Waals surface area (Å²) < 4.78 is 3.06. The molecule has 2 aromatic heterocycles. The number of fused-ring (bicyclic) bond motifs is 1. The van der Waals surface area contributed by atoms with Crippen molar-refractivity contribution in [3.8, 4) is 5.69 Å². The van der Waals surface area contributed by atoms with E-state index in [1.807, 2.05) is 30.3 Å². The molecule has 0 aliphatic carbocycles. The molecule has 0 saturated carbocycles. The van der Waals surface area contributed by atoms with Crippen LogP contribution in [-0.4, -0.2) is 53.0 Å². The Morgan fingerprint density at radius 2 is 1.76 bits per heavy atom. The second-order valence-corrected chi connectivity index (χ2v) is 8.69. The van der Waals surface area contributed by atoms with Crippen LogP contribution in [0.25, 0.3) is 16.7 Å². The minimum absolute atomic E-state index is 0.102. The highest BCUT2D eigenvalue weighted by atomic mass is 16.6. The lowest BCUT2D eigenvalue weighted by molar-refractivity contribution is -0.385. The summed E-state index contributed by atoms with van der Waals surface area (Å²) in [6, 6.07) is 16.2. The minimum Gasteiger partial charge on any atom is -0.388 e. The first-order valence-electron chi connectivity index (χ1n) is 11.1. The van der Waals surface area contributed by atoms with Crippen LogP contribution in [0.4, 0.5) is 5.69 Å². The number of hydrogen-bond acceptors (Lipinski definition) is 7. The number of nitro benzene ring substituents is 1. The van der Waals surface area contributed by atoms with E-state index >= 15 is 0 Å². The highest BCUT2D eigenvalue weighted by Crippen LogP contribution is 2.27. The zero-order valence-corrected chi connectivity index (χ0v) is 18.4. The van der Waals surface area contributed by atoms with E-state index in [2.05, 4.69) is 15.0 Å². The van der Waals surface area contributed by atoms with Gasteiger partial charge in [0.1, 0.15) is 11.7 Å². The number of hydrogen-bond donors (Lipinski definition) is 1. The topological polar surface area (TPSA) is 119 Å². The van der Waals surface area contributed by atoms with Gasteiger partial charge in [-0.3, -0.25) is 24.4 Å². The number of aromatic nitrogens is 4. The van der Waals surface area contributed by atoms with Crippen molar-refractivity contribution in [2.45, 2.75) is 31.5 Å². The largest absolute Gasteiger partial charge is 0.388 e. The lowest BCUT2D eigenvalue weighted by Gasteiger charge is -2.38. The summed E-state index contributed by atoms with van der Waals surface area (Å²) in [4.78, 5) is 30.5. The van der Waals surface area contributed by atoms with Crippen LogP contribution in [0.5, 0.6) is 0 Å². The van der Waals surface area contributed by atoms with E-state index in [1.54, 1.807) is 22.9 Å². The molecule has 174 valence electrons. The molecule has 1 N–H and O–H groups in total. The Morgan fingerprint density at radius 1 is 1.06 bits per heavy atom. The highest BCUT2D eigenvalue weighted by Gasteiger charge is 2.34. The smallest absolute Gasteiger partial charge is 0.273 e. The van der Waals surface area contributed by atoms with Crippen molar-refractivity contribution in [2.75, 3.05) is 13.1 Å². The molecule has 0 atom stereocenters. The SMILES string of the molecule is O=c1c2cnn(-c3ccccc3)c2ncn1CC1(O)CCN(Cc2ccccc2[N+](=O)[O-])CC1. The molecule has 1 aliphatic heterocycles. The van der Waals surface area contributed by atoms with Crippen LogP contribution in [-0.2, 0) is 13.1 Å². The number of likely N-dealkylation sites (tertiary alicyclic amines) is 1. The van der Waals surface area contributed by atoms with Crippen molar-refractivity contribution in [3.05, 3.63) is 93.2 Å². The molecule has 0 unspecified atom stereocenters. The first-order valence-corrected chi connectivity index (χ1v) is 11.1. The standard InChI is InChI=1S/C24H24N6O4/c31-23-20-14-26-29(19-7-2-1-3-8-19)22(20)25-17-28(23)16-24(32)10-12-27(13-11-24)15-18-6-4-5-9-21(18)30(33)34/h1-9,14,17,32H,10-13,15-16H2. The second kappa shape index (κ2) is 8.81. The van der Waals surface area contributed by atoms with Crippen LogP contribution in [0.2, 0.25) is 0 Å². The van der Waals surface area contributed by atoms with E-state index in [0.29, 0.717) is 49.1 Å². The fraction of sp³-hybridized carbons (Fsp3) is 0.292. The number of rotatable bonds is 6. The summed E-state index contributed by atoms with van der Waals surface area (Å²) in [6.45, 7) is 1.71. The number of piperidine rings is 1. The number of para-hydroxylation sites is 2. The van der Waals surface area contributed by atoms with Crippen molar-refractivity contribution in [1.82, 2.24) is 24.2 Å². The Bertz CT molecular complexity index is 1390. The molecule has 10 heteroatoms. The summed E-state index contributed by atoms with van der Waals surface area (Å²) in [5.74, 6) is 0. The molecule has 3 heterocycles. The predicted octanol–water partition coefficient (Wildman–Crippen LogP) is 2.52. The van der Waals surface area contributed by atoms with Crippen LogP contribution < -0.4 is 5.56 Å². The number of benzene rings is 2. The number of aliphatic hydroxyl groups is 1. The zero-order valence-electron chi connectivity index (χ0n) is 18.4. The van der Waals surface area contributed by atoms with Gasteiger partial charge in [0.25, 0.3) is 11.2 Å². The lowest BCUT2D eigenvalue weighted by Crippen LogP contribution is -2.47. The predicted molar refractivity (Wildman–Crippen MR) is 126 cm³/mol. The van der Waals surface area contributed by atoms with Gasteiger partial charge in [-0.25, -0.2) is 9.67 Å². The van der Waals surface area contributed by atoms with E-state index in [9.17, 15) is 20.0 Å². The summed E-state index contributed by atoms with van der Waals surface area (Å²) in [5.41, 5.74) is 0.728. The molecule has 1 saturated heterocycles. The van der Waals surface area contributed by atoms with Gasteiger partial charge in [0, 0.05) is 31.3 Å². The fourth-order valence-corrected chi connectivity index (χ4v) is 4.49. The summed E-state index contributed by atoms with van der Waals surface area (Å²) in [7, 11) is 0. The highest BCUT2D eigenvalue weighted by molar-refractivity contribution is 5.74. The molecule has 10 nitrogen and oxygen atoms in total. The maximum atomic E-state index is 13.1. The molecule has 1 fully saturated rings. The van der Waals surface area contributed by atoms with Crippen LogP contribution in [0.1, 0.15) is 18.4 Å². The third-order valence-electron chi connectivity index (χ3n) is 6.39. The van der Waals surface area contributed by atoms with Gasteiger partial charge in [0.2, 0.25) is 0 Å². The molecule has 0 radical (unpaired) electrons. The van der Waals surface area contributed by atoms with Crippen LogP contribution in [0.3, 0.4) is 0 Å². The van der Waals surface area contributed by atoms with Gasteiger partial charge in [-0.05, 0) is 25.0 Å². The summed E-state index contributed by atoms with van der Waals surface area (Å²) >= 11 is 0. The van der Waals surface area contributed by atoms with Crippen LogP contribution in [0, 0.1) is 10.1 Å². The Morgan fingerprint density at radius 3 is 2.50 bits per heavy atom. The van der Waals surface area contributed by atoms with Crippen molar-refractivity contribution < 1.29 is 10.0 Å². The van der Waals surface area contributed by atoms with Gasteiger partial charge in [0.05, 0.1) is 29.0 Å². The molecule has 2 aromatic carbocycles. The van der Waals surface area contributed by atoms with Crippen molar-refractivity contribution in [3.63, 3.8) is 0 Å². The Balaban J connectivity index is 1.30. The average Bonchev–Trinajstić information content (AvgIpc) is 3.28. The maximum Gasteiger partial charge on any atom is 0.273 e. The monoisotopic (exact) mass is 460 g/mol. The number of nitro groups is 1. The van der Waals surface area contributed by atoms with E-state index in [4.69, 9.17) is 0 Å². The molecular weight excluding hydrogens is 436 g/mol. The molecule has 0 bridgehead atoms. The second-order valence-electron chi connectivity index (χ2n) is 8.69. The van der Waals surface area contributed by atoms with Gasteiger partial charge in [-0.1, -0.05) is 36.4 Å². The quantitative estimate of drug-likeness (QED) is 0.347. The van der Waals surface area contributed by atoms with Gasteiger partial charge >= 0.3 is 0 Å².